The molecule has 1 saturated heterocycles. The van der Waals surface area contributed by atoms with E-state index >= 15 is 0 Å². The summed E-state index contributed by atoms with van der Waals surface area (Å²) in [6.07, 6.45) is 10.2. The molecular formula is C23H25N9O3. The third-order valence-corrected chi connectivity index (χ3v) is 7.21. The van der Waals surface area contributed by atoms with Crippen molar-refractivity contribution in [1.29, 1.82) is 0 Å². The molecule has 0 spiro atoms. The number of carbonyl (C=O) groups is 1. The molecule has 8 rings (SSSR count). The van der Waals surface area contributed by atoms with Crippen LogP contribution in [0.4, 0.5) is 16.6 Å². The Morgan fingerprint density at radius 1 is 1.31 bits per heavy atom. The number of rotatable bonds is 6. The predicted molar refractivity (Wildman–Crippen MR) is 124 cm³/mol. The number of amides is 1. The van der Waals surface area contributed by atoms with E-state index in [1.807, 2.05) is 36.0 Å². The van der Waals surface area contributed by atoms with Gasteiger partial charge in [-0.25, -0.2) is 14.8 Å². The number of aryl methyl sites for hydroxylation is 1. The summed E-state index contributed by atoms with van der Waals surface area (Å²) in [5.41, 5.74) is 3.23. The fraction of sp³-hybridized carbons (Fsp3) is 0.435. The molecule has 4 fully saturated rings. The molecule has 3 saturated carbocycles. The Kier molecular flexibility index (Phi) is 4.40. The lowest BCUT2D eigenvalue weighted by atomic mass is 9.50. The van der Waals surface area contributed by atoms with Crippen LogP contribution in [-0.4, -0.2) is 58.7 Å². The average molecular weight is 476 g/mol. The van der Waals surface area contributed by atoms with Gasteiger partial charge in [-0.3, -0.25) is 14.2 Å². The van der Waals surface area contributed by atoms with Crippen LogP contribution in [0, 0.1) is 5.92 Å². The lowest BCUT2D eigenvalue weighted by Crippen LogP contribution is -2.68. The number of alkyl carbamates (subject to hydrolysis) is 1. The fourth-order valence-electron chi connectivity index (χ4n) is 5.32. The third kappa shape index (κ3) is 3.60. The lowest BCUT2D eigenvalue weighted by molar-refractivity contribution is -0.0510. The first-order valence-electron chi connectivity index (χ1n) is 11.8. The highest BCUT2D eigenvalue weighted by molar-refractivity contribution is 5.69. The summed E-state index contributed by atoms with van der Waals surface area (Å²) in [6.45, 7) is 0.361. The van der Waals surface area contributed by atoms with Crippen molar-refractivity contribution in [2.24, 2.45) is 13.0 Å². The highest BCUT2D eigenvalue weighted by Gasteiger charge is 2.57. The first-order valence-corrected chi connectivity index (χ1v) is 11.8. The van der Waals surface area contributed by atoms with Gasteiger partial charge in [0.2, 0.25) is 5.95 Å². The molecule has 2 atom stereocenters. The van der Waals surface area contributed by atoms with Crippen LogP contribution < -0.4 is 10.6 Å². The van der Waals surface area contributed by atoms with Gasteiger partial charge in [-0.1, -0.05) is 0 Å². The monoisotopic (exact) mass is 475 g/mol. The standard InChI is InChI=1S/C23H25N9O3/c1-31-11-14(10-25-31)16-6-20-24-2-3-32(20)21(26-16)27-19-5-17(29-30-19)18-4-15(12-34-18)35-22(33)28-23-7-13(8-23)9-23/h2-3,5-6,10-11,13,15,18H,4,7-9,12H2,1H3,(H,28,33)(H2,26,27,29,30). The number of anilines is 2. The molecule has 180 valence electrons. The Morgan fingerprint density at radius 3 is 2.97 bits per heavy atom. The summed E-state index contributed by atoms with van der Waals surface area (Å²) in [5.74, 6) is 1.98. The lowest BCUT2D eigenvalue weighted by Gasteiger charge is -2.61. The fourth-order valence-corrected chi connectivity index (χ4v) is 5.32. The van der Waals surface area contributed by atoms with Crippen LogP contribution in [-0.2, 0) is 16.5 Å². The Bertz CT molecular complexity index is 1410. The van der Waals surface area contributed by atoms with Gasteiger partial charge in [0.15, 0.2) is 5.82 Å². The van der Waals surface area contributed by atoms with Gasteiger partial charge in [-0.05, 0) is 25.2 Å². The van der Waals surface area contributed by atoms with E-state index in [-0.39, 0.29) is 23.8 Å². The van der Waals surface area contributed by atoms with Crippen molar-refractivity contribution in [3.05, 3.63) is 42.6 Å². The average Bonchev–Trinajstić information content (AvgIpc) is 3.56. The highest BCUT2D eigenvalue weighted by Crippen LogP contribution is 2.56. The number of ether oxygens (including phenoxy) is 2. The second-order valence-electron chi connectivity index (χ2n) is 9.83. The van der Waals surface area contributed by atoms with E-state index in [2.05, 4.69) is 30.9 Å². The summed E-state index contributed by atoms with van der Waals surface area (Å²) in [7, 11) is 1.87. The number of aromatic amines is 1. The SMILES string of the molecule is Cn1cc(-c2cc3nccn3c(Nc3cc(C4CC(OC(=O)NC56CC(C5)C6)CO4)[nH]n3)n2)cn1. The van der Waals surface area contributed by atoms with E-state index in [9.17, 15) is 4.79 Å². The number of fused-ring (bicyclic) bond motifs is 1. The van der Waals surface area contributed by atoms with Crippen LogP contribution in [0.3, 0.4) is 0 Å². The molecule has 12 heteroatoms. The zero-order valence-electron chi connectivity index (χ0n) is 19.1. The maximum atomic E-state index is 12.3. The van der Waals surface area contributed by atoms with E-state index in [0.29, 0.717) is 24.8 Å². The smallest absolute Gasteiger partial charge is 0.407 e. The van der Waals surface area contributed by atoms with Crippen LogP contribution in [0.1, 0.15) is 37.5 Å². The van der Waals surface area contributed by atoms with Gasteiger partial charge >= 0.3 is 6.09 Å². The molecule has 4 aromatic heterocycles. The van der Waals surface area contributed by atoms with Crippen molar-refractivity contribution < 1.29 is 14.3 Å². The number of imidazole rings is 1. The van der Waals surface area contributed by atoms with Crippen LogP contribution in [0.5, 0.6) is 0 Å². The van der Waals surface area contributed by atoms with Gasteiger partial charge in [0.1, 0.15) is 17.9 Å². The maximum Gasteiger partial charge on any atom is 0.407 e. The Balaban J connectivity index is 1.03. The second-order valence-corrected chi connectivity index (χ2v) is 9.83. The molecule has 12 nitrogen and oxygen atoms in total. The van der Waals surface area contributed by atoms with Crippen molar-refractivity contribution in [3.8, 4) is 11.3 Å². The zero-order chi connectivity index (χ0) is 23.6. The number of H-pyrrole nitrogens is 1. The molecule has 1 amide bonds. The van der Waals surface area contributed by atoms with E-state index < -0.39 is 0 Å². The summed E-state index contributed by atoms with van der Waals surface area (Å²) in [6, 6.07) is 3.80. The van der Waals surface area contributed by atoms with E-state index in [0.717, 1.165) is 47.8 Å². The van der Waals surface area contributed by atoms with Gasteiger partial charge in [0, 0.05) is 55.3 Å². The van der Waals surface area contributed by atoms with Gasteiger partial charge in [-0.15, -0.1) is 0 Å². The molecule has 4 aliphatic rings. The second kappa shape index (κ2) is 7.54. The predicted octanol–water partition coefficient (Wildman–Crippen LogP) is 2.71. The van der Waals surface area contributed by atoms with Crippen molar-refractivity contribution in [3.63, 3.8) is 0 Å². The minimum absolute atomic E-state index is 0.00752. The molecule has 35 heavy (non-hydrogen) atoms. The minimum atomic E-state index is -0.340. The highest BCUT2D eigenvalue weighted by atomic mass is 16.6. The summed E-state index contributed by atoms with van der Waals surface area (Å²) < 4.78 is 15.1. The van der Waals surface area contributed by atoms with Crippen molar-refractivity contribution in [2.75, 3.05) is 11.9 Å². The van der Waals surface area contributed by atoms with Crippen LogP contribution in [0.25, 0.3) is 16.9 Å². The Hall–Kier alpha value is -3.93. The normalized spacial score (nSPS) is 26.8. The van der Waals surface area contributed by atoms with Gasteiger partial charge < -0.3 is 20.1 Å². The van der Waals surface area contributed by atoms with Gasteiger partial charge in [-0.2, -0.15) is 10.2 Å². The van der Waals surface area contributed by atoms with E-state index in [4.69, 9.17) is 14.5 Å². The van der Waals surface area contributed by atoms with Crippen LogP contribution >= 0.6 is 0 Å². The molecular weight excluding hydrogens is 450 g/mol. The third-order valence-electron chi connectivity index (χ3n) is 7.21. The number of hydrogen-bond acceptors (Lipinski definition) is 8. The minimum Gasteiger partial charge on any atom is -0.444 e. The molecule has 1 aliphatic heterocycles. The molecule has 4 aromatic rings. The number of nitrogens with zero attached hydrogens (tertiary/aromatic N) is 6. The van der Waals surface area contributed by atoms with Crippen LogP contribution in [0.15, 0.2) is 36.9 Å². The Labute approximate surface area is 200 Å². The molecule has 2 bridgehead atoms. The molecule has 5 heterocycles. The molecule has 0 radical (unpaired) electrons. The Morgan fingerprint density at radius 2 is 2.20 bits per heavy atom. The summed E-state index contributed by atoms with van der Waals surface area (Å²) >= 11 is 0. The largest absolute Gasteiger partial charge is 0.444 e. The number of hydrogen-bond donors (Lipinski definition) is 3. The van der Waals surface area contributed by atoms with E-state index in [1.165, 1.54) is 0 Å². The van der Waals surface area contributed by atoms with Crippen LogP contribution in [0.2, 0.25) is 0 Å². The summed E-state index contributed by atoms with van der Waals surface area (Å²) in [5, 5.41) is 18.0. The molecule has 0 aromatic carbocycles. The number of nitrogens with one attached hydrogen (secondary N) is 3. The summed E-state index contributed by atoms with van der Waals surface area (Å²) in [4.78, 5) is 21.4. The van der Waals surface area contributed by atoms with Crippen molar-refractivity contribution in [1.82, 2.24) is 39.7 Å². The van der Waals surface area contributed by atoms with E-state index in [1.54, 1.807) is 17.1 Å². The molecule has 2 unspecified atom stereocenters. The molecule has 3 aliphatic carbocycles. The number of aromatic nitrogens is 7. The topological polar surface area (TPSA) is 136 Å². The number of carbonyl (C=O) groups excluding carboxylic acids is 1. The van der Waals surface area contributed by atoms with Crippen molar-refractivity contribution >= 4 is 23.5 Å². The maximum absolute atomic E-state index is 12.3. The zero-order valence-corrected chi connectivity index (χ0v) is 19.1. The quantitative estimate of drug-likeness (QED) is 0.387. The van der Waals surface area contributed by atoms with Gasteiger partial charge in [0.05, 0.1) is 24.2 Å². The van der Waals surface area contributed by atoms with Crippen molar-refractivity contribution in [2.45, 2.75) is 43.4 Å². The first-order chi connectivity index (χ1) is 17.0. The first kappa shape index (κ1) is 20.4. The van der Waals surface area contributed by atoms with Gasteiger partial charge in [0.25, 0.3) is 0 Å². The molecule has 3 N–H and O–H groups in total.